The molecule has 0 atom stereocenters. The van der Waals surface area contributed by atoms with Gasteiger partial charge in [0.2, 0.25) is 0 Å². The highest BCUT2D eigenvalue weighted by atomic mass is 32.1. The average Bonchev–Trinajstić information content (AvgIpc) is 3.06. The number of aromatic nitrogens is 2. The summed E-state index contributed by atoms with van der Waals surface area (Å²) in [6.45, 7) is 2.47. The highest BCUT2D eigenvalue weighted by Crippen LogP contribution is 2.27. The predicted octanol–water partition coefficient (Wildman–Crippen LogP) is 2.79. The molecule has 1 aliphatic rings. The number of anilines is 1. The monoisotopic (exact) mass is 342 g/mol. The van der Waals surface area contributed by atoms with Gasteiger partial charge in [-0.05, 0) is 24.3 Å². The fourth-order valence-electron chi connectivity index (χ4n) is 2.80. The lowest BCUT2D eigenvalue weighted by Gasteiger charge is -2.34. The first-order valence-corrected chi connectivity index (χ1v) is 8.54. The van der Waals surface area contributed by atoms with E-state index >= 15 is 0 Å². The Morgan fingerprint density at radius 1 is 1.08 bits per heavy atom. The maximum Gasteiger partial charge on any atom is 0.256 e. The summed E-state index contributed by atoms with van der Waals surface area (Å²) in [6.07, 6.45) is 1.76. The van der Waals surface area contributed by atoms with Gasteiger partial charge in [-0.3, -0.25) is 4.79 Å². The minimum Gasteiger partial charge on any atom is -0.344 e. The van der Waals surface area contributed by atoms with Crippen molar-refractivity contribution in [1.82, 2.24) is 14.9 Å². The Balaban J connectivity index is 1.47. The lowest BCUT2D eigenvalue weighted by atomic mass is 10.1. The van der Waals surface area contributed by atoms with E-state index in [0.29, 0.717) is 26.2 Å². The number of thiazole rings is 1. The smallest absolute Gasteiger partial charge is 0.256 e. The molecule has 3 heterocycles. The Bertz CT molecular complexity index is 856. The molecule has 3 aromatic rings. The van der Waals surface area contributed by atoms with Crippen LogP contribution in [0.3, 0.4) is 0 Å². The molecule has 122 valence electrons. The summed E-state index contributed by atoms with van der Waals surface area (Å²) in [6, 6.07) is 9.93. The second-order valence-corrected chi connectivity index (χ2v) is 6.54. The van der Waals surface area contributed by atoms with Crippen molar-refractivity contribution >= 4 is 32.7 Å². The number of hydrogen-bond donors (Lipinski definition) is 0. The molecule has 0 spiro atoms. The molecule has 7 heteroatoms. The number of carbonyl (C=O) groups is 1. The number of amides is 1. The Morgan fingerprint density at radius 3 is 2.62 bits per heavy atom. The van der Waals surface area contributed by atoms with Crippen LogP contribution in [-0.2, 0) is 0 Å². The number of fused-ring (bicyclic) bond motifs is 1. The Labute approximate surface area is 142 Å². The third-order valence-corrected chi connectivity index (χ3v) is 5.14. The van der Waals surface area contributed by atoms with Gasteiger partial charge >= 0.3 is 0 Å². The second kappa shape index (κ2) is 6.16. The lowest BCUT2D eigenvalue weighted by molar-refractivity contribution is 0.0742. The molecule has 4 rings (SSSR count). The van der Waals surface area contributed by atoms with E-state index in [1.165, 1.54) is 12.1 Å². The molecule has 1 fully saturated rings. The summed E-state index contributed by atoms with van der Waals surface area (Å²) < 4.78 is 13.8. The van der Waals surface area contributed by atoms with Crippen LogP contribution in [0.1, 0.15) is 10.4 Å². The lowest BCUT2D eigenvalue weighted by Crippen LogP contribution is -2.49. The number of piperazine rings is 1. The fourth-order valence-corrected chi connectivity index (χ4v) is 3.76. The van der Waals surface area contributed by atoms with E-state index in [2.05, 4.69) is 14.9 Å². The van der Waals surface area contributed by atoms with Gasteiger partial charge in [0.1, 0.15) is 16.2 Å². The van der Waals surface area contributed by atoms with Gasteiger partial charge in [-0.1, -0.05) is 23.5 Å². The van der Waals surface area contributed by atoms with Gasteiger partial charge in [0, 0.05) is 32.4 Å². The van der Waals surface area contributed by atoms with Crippen molar-refractivity contribution in [3.8, 4) is 0 Å². The van der Waals surface area contributed by atoms with Crippen LogP contribution in [0.4, 0.5) is 9.52 Å². The minimum absolute atomic E-state index is 0.134. The highest BCUT2D eigenvalue weighted by Gasteiger charge is 2.25. The Morgan fingerprint density at radius 2 is 1.88 bits per heavy atom. The highest BCUT2D eigenvalue weighted by molar-refractivity contribution is 7.21. The summed E-state index contributed by atoms with van der Waals surface area (Å²) in [5.41, 5.74) is 1.03. The zero-order valence-electron chi connectivity index (χ0n) is 12.9. The molecule has 1 aliphatic heterocycles. The molecule has 5 nitrogen and oxygen atoms in total. The number of carbonyl (C=O) groups excluding carboxylic acids is 1. The van der Waals surface area contributed by atoms with Crippen LogP contribution in [0, 0.1) is 5.82 Å². The zero-order valence-corrected chi connectivity index (χ0v) is 13.7. The first-order valence-electron chi connectivity index (χ1n) is 7.73. The van der Waals surface area contributed by atoms with E-state index < -0.39 is 5.82 Å². The SMILES string of the molecule is O=C(c1ccccc1F)N1CCN(c2nc3cccnc3s2)CC1. The van der Waals surface area contributed by atoms with Crippen LogP contribution in [0.5, 0.6) is 0 Å². The van der Waals surface area contributed by atoms with Gasteiger partial charge in [0.05, 0.1) is 5.56 Å². The number of halogens is 1. The standard InChI is InChI=1S/C17H15FN4OS/c18-13-5-2-1-4-12(13)16(23)21-8-10-22(11-9-21)17-20-14-6-3-7-19-15(14)24-17/h1-7H,8-11H2. The topological polar surface area (TPSA) is 49.3 Å². The van der Waals surface area contributed by atoms with Crippen molar-refractivity contribution in [2.75, 3.05) is 31.1 Å². The number of hydrogen-bond acceptors (Lipinski definition) is 5. The Hall–Kier alpha value is -2.54. The van der Waals surface area contributed by atoms with E-state index in [-0.39, 0.29) is 11.5 Å². The zero-order chi connectivity index (χ0) is 16.5. The van der Waals surface area contributed by atoms with Crippen LogP contribution in [0.15, 0.2) is 42.6 Å². The van der Waals surface area contributed by atoms with Crippen molar-refractivity contribution in [3.05, 3.63) is 54.0 Å². The molecule has 2 aromatic heterocycles. The molecular formula is C17H15FN4OS. The minimum atomic E-state index is -0.470. The van der Waals surface area contributed by atoms with Gasteiger partial charge in [-0.15, -0.1) is 0 Å². The molecule has 0 bridgehead atoms. The summed E-state index contributed by atoms with van der Waals surface area (Å²) in [4.78, 5) is 26.1. The second-order valence-electron chi connectivity index (χ2n) is 5.58. The molecule has 0 N–H and O–H groups in total. The molecule has 0 saturated carbocycles. The van der Waals surface area contributed by atoms with Gasteiger partial charge in [0.15, 0.2) is 5.13 Å². The van der Waals surface area contributed by atoms with Gasteiger partial charge < -0.3 is 9.80 Å². The van der Waals surface area contributed by atoms with Crippen LogP contribution in [0.25, 0.3) is 10.3 Å². The largest absolute Gasteiger partial charge is 0.344 e. The first kappa shape index (κ1) is 15.0. The average molecular weight is 342 g/mol. The van der Waals surface area contributed by atoms with Crippen LogP contribution >= 0.6 is 11.3 Å². The summed E-state index contributed by atoms with van der Waals surface area (Å²) in [5, 5.41) is 0.918. The van der Waals surface area contributed by atoms with Gasteiger partial charge in [-0.2, -0.15) is 0 Å². The van der Waals surface area contributed by atoms with Crippen molar-refractivity contribution in [3.63, 3.8) is 0 Å². The normalized spacial score (nSPS) is 15.0. The third-order valence-electron chi connectivity index (χ3n) is 4.10. The maximum atomic E-state index is 13.8. The molecule has 24 heavy (non-hydrogen) atoms. The molecule has 0 unspecified atom stereocenters. The van der Waals surface area contributed by atoms with Crippen molar-refractivity contribution in [1.29, 1.82) is 0 Å². The van der Waals surface area contributed by atoms with Crippen molar-refractivity contribution < 1.29 is 9.18 Å². The predicted molar refractivity (Wildman–Crippen MR) is 91.9 cm³/mol. The quantitative estimate of drug-likeness (QED) is 0.719. The fraction of sp³-hybridized carbons (Fsp3) is 0.235. The molecule has 1 amide bonds. The van der Waals surface area contributed by atoms with E-state index in [9.17, 15) is 9.18 Å². The summed E-state index contributed by atoms with van der Waals surface area (Å²) >= 11 is 1.55. The molecule has 1 aromatic carbocycles. The molecular weight excluding hydrogens is 327 g/mol. The Kier molecular flexibility index (Phi) is 3.86. The van der Waals surface area contributed by atoms with E-state index in [4.69, 9.17) is 0 Å². The number of benzene rings is 1. The van der Waals surface area contributed by atoms with Gasteiger partial charge in [0.25, 0.3) is 5.91 Å². The molecule has 0 aliphatic carbocycles. The van der Waals surface area contributed by atoms with Gasteiger partial charge in [-0.25, -0.2) is 14.4 Å². The van der Waals surface area contributed by atoms with Crippen LogP contribution in [0.2, 0.25) is 0 Å². The number of pyridine rings is 1. The van der Waals surface area contributed by atoms with E-state index in [1.807, 2.05) is 12.1 Å². The summed E-state index contributed by atoms with van der Waals surface area (Å²) in [5.74, 6) is -0.721. The number of nitrogens with zero attached hydrogens (tertiary/aromatic N) is 4. The van der Waals surface area contributed by atoms with Crippen molar-refractivity contribution in [2.45, 2.75) is 0 Å². The third kappa shape index (κ3) is 2.71. The maximum absolute atomic E-state index is 13.8. The van der Waals surface area contributed by atoms with Crippen LogP contribution < -0.4 is 4.90 Å². The van der Waals surface area contributed by atoms with E-state index in [1.54, 1.807) is 34.6 Å². The first-order chi connectivity index (χ1) is 11.7. The molecule has 1 saturated heterocycles. The van der Waals surface area contributed by atoms with Crippen molar-refractivity contribution in [2.24, 2.45) is 0 Å². The van der Waals surface area contributed by atoms with E-state index in [0.717, 1.165) is 15.5 Å². The number of rotatable bonds is 2. The molecule has 0 radical (unpaired) electrons. The van der Waals surface area contributed by atoms with Crippen LogP contribution in [-0.4, -0.2) is 47.0 Å². The summed E-state index contributed by atoms with van der Waals surface area (Å²) in [7, 11) is 0.